The van der Waals surface area contributed by atoms with E-state index in [4.69, 9.17) is 4.74 Å². The topological polar surface area (TPSA) is 63.7 Å². The Hall–Kier alpha value is -1.39. The zero-order valence-corrected chi connectivity index (χ0v) is 8.56. The van der Waals surface area contributed by atoms with Crippen LogP contribution in [0.1, 0.15) is 19.8 Å². The summed E-state index contributed by atoms with van der Waals surface area (Å²) in [5.41, 5.74) is 0. The summed E-state index contributed by atoms with van der Waals surface area (Å²) in [6, 6.07) is 0.181. The zero-order valence-electron chi connectivity index (χ0n) is 8.56. The summed E-state index contributed by atoms with van der Waals surface area (Å²) in [4.78, 5) is 35.8. The number of ether oxygens (including phenoxy) is 1. The third-order valence-electron chi connectivity index (χ3n) is 2.73. The first-order valence-electron chi connectivity index (χ1n) is 5.16. The normalized spacial score (nSPS) is 25.9. The molecular formula is C10H13NO4. The molecule has 2 aliphatic rings. The van der Waals surface area contributed by atoms with Crippen LogP contribution in [0.2, 0.25) is 0 Å². The van der Waals surface area contributed by atoms with Crippen molar-refractivity contribution < 1.29 is 19.1 Å². The number of Topliss-reactive ketones (excluding diaryl/α,β-unsaturated/α-hetero) is 1. The van der Waals surface area contributed by atoms with Crippen LogP contribution >= 0.6 is 0 Å². The number of ketones is 1. The molecule has 5 heteroatoms. The first kappa shape index (κ1) is 10.1. The maximum Gasteiger partial charge on any atom is 0.318 e. The van der Waals surface area contributed by atoms with E-state index >= 15 is 0 Å². The average molecular weight is 211 g/mol. The van der Waals surface area contributed by atoms with Crippen LogP contribution in [0.25, 0.3) is 0 Å². The molecule has 5 nitrogen and oxygen atoms in total. The lowest BCUT2D eigenvalue weighted by Gasteiger charge is -2.13. The quantitative estimate of drug-likeness (QED) is 0.366. The molecule has 0 aromatic heterocycles. The molecule has 0 N–H and O–H groups in total. The smallest absolute Gasteiger partial charge is 0.318 e. The highest BCUT2D eigenvalue weighted by molar-refractivity contribution is 6.42. The van der Waals surface area contributed by atoms with Crippen molar-refractivity contribution in [3.63, 3.8) is 0 Å². The second-order valence-corrected chi connectivity index (χ2v) is 3.86. The monoisotopic (exact) mass is 211 g/mol. The fourth-order valence-electron chi connectivity index (χ4n) is 1.78. The van der Waals surface area contributed by atoms with Gasteiger partial charge >= 0.3 is 5.97 Å². The van der Waals surface area contributed by atoms with Gasteiger partial charge in [-0.15, -0.1) is 0 Å². The summed E-state index contributed by atoms with van der Waals surface area (Å²) in [7, 11) is 0. The molecule has 0 bridgehead atoms. The lowest BCUT2D eigenvalue weighted by molar-refractivity contribution is -0.151. The van der Waals surface area contributed by atoms with Crippen LogP contribution < -0.4 is 0 Å². The van der Waals surface area contributed by atoms with Crippen LogP contribution in [-0.4, -0.2) is 41.8 Å². The molecule has 1 amide bonds. The van der Waals surface area contributed by atoms with Crippen LogP contribution in [-0.2, 0) is 19.1 Å². The predicted molar refractivity (Wildman–Crippen MR) is 49.9 cm³/mol. The highest BCUT2D eigenvalue weighted by atomic mass is 16.5. The van der Waals surface area contributed by atoms with Gasteiger partial charge in [-0.25, -0.2) is 0 Å². The second kappa shape index (κ2) is 3.64. The summed E-state index contributed by atoms with van der Waals surface area (Å²) in [6.45, 7) is 2.12. The van der Waals surface area contributed by atoms with E-state index in [9.17, 15) is 14.4 Å². The summed E-state index contributed by atoms with van der Waals surface area (Å²) in [5.74, 6) is -2.59. The molecule has 2 rings (SSSR count). The predicted octanol–water partition coefficient (Wildman–Crippen LogP) is -0.261. The van der Waals surface area contributed by atoms with Crippen LogP contribution in [0.15, 0.2) is 0 Å². The van der Waals surface area contributed by atoms with Gasteiger partial charge in [-0.1, -0.05) is 0 Å². The Morgan fingerprint density at radius 2 is 2.13 bits per heavy atom. The van der Waals surface area contributed by atoms with Crippen molar-refractivity contribution >= 4 is 17.7 Å². The molecule has 0 unspecified atom stereocenters. The number of rotatable bonds is 3. The summed E-state index contributed by atoms with van der Waals surface area (Å²) in [6.07, 6.45) is 1.88. The minimum absolute atomic E-state index is 0.181. The Bertz CT molecular complexity index is 321. The van der Waals surface area contributed by atoms with E-state index in [1.807, 2.05) is 0 Å². The number of likely N-dealkylation sites (tertiary alicyclic amines) is 1. The number of carbonyl (C=O) groups excluding carboxylic acids is 3. The molecule has 15 heavy (non-hydrogen) atoms. The molecule has 1 heterocycles. The molecule has 82 valence electrons. The Morgan fingerprint density at radius 1 is 1.47 bits per heavy atom. The Kier molecular flexibility index (Phi) is 2.46. The molecule has 1 atom stereocenters. The number of esters is 1. The average Bonchev–Trinajstić information content (AvgIpc) is 2.98. The van der Waals surface area contributed by atoms with Gasteiger partial charge in [0.25, 0.3) is 5.91 Å². The molecule has 1 aliphatic heterocycles. The van der Waals surface area contributed by atoms with Gasteiger partial charge in [-0.3, -0.25) is 14.4 Å². The lowest BCUT2D eigenvalue weighted by Crippen LogP contribution is -2.29. The number of hydrogen-bond donors (Lipinski definition) is 0. The minimum Gasteiger partial charge on any atom is -0.465 e. The van der Waals surface area contributed by atoms with Crippen molar-refractivity contribution in [2.45, 2.75) is 25.8 Å². The van der Waals surface area contributed by atoms with Crippen LogP contribution in [0.5, 0.6) is 0 Å². The molecule has 0 aromatic rings. The van der Waals surface area contributed by atoms with Gasteiger partial charge in [0, 0.05) is 12.6 Å². The molecular weight excluding hydrogens is 198 g/mol. The van der Waals surface area contributed by atoms with Gasteiger partial charge in [0.1, 0.15) is 5.92 Å². The highest BCUT2D eigenvalue weighted by Gasteiger charge is 2.48. The van der Waals surface area contributed by atoms with Crippen molar-refractivity contribution in [3.05, 3.63) is 0 Å². The second-order valence-electron chi connectivity index (χ2n) is 3.86. The van der Waals surface area contributed by atoms with Crippen molar-refractivity contribution in [2.75, 3.05) is 13.2 Å². The molecule has 1 saturated carbocycles. The van der Waals surface area contributed by atoms with E-state index in [1.165, 1.54) is 4.90 Å². The standard InChI is InChI=1S/C10H13NO4/c1-2-15-10(14)7-5-11(6-3-4-6)9(13)8(7)12/h6-7H,2-5H2,1H3/t7-/m1/s1. The molecule has 0 radical (unpaired) electrons. The van der Waals surface area contributed by atoms with E-state index in [2.05, 4.69) is 0 Å². The number of carbonyl (C=O) groups is 3. The van der Waals surface area contributed by atoms with Crippen molar-refractivity contribution in [3.8, 4) is 0 Å². The Labute approximate surface area is 87.4 Å². The van der Waals surface area contributed by atoms with Crippen LogP contribution in [0, 0.1) is 5.92 Å². The van der Waals surface area contributed by atoms with Gasteiger partial charge in [-0.05, 0) is 19.8 Å². The third-order valence-corrected chi connectivity index (χ3v) is 2.73. The molecule has 2 fully saturated rings. The first-order chi connectivity index (χ1) is 7.15. The van der Waals surface area contributed by atoms with Crippen molar-refractivity contribution in [1.29, 1.82) is 0 Å². The maximum atomic E-state index is 11.5. The highest BCUT2D eigenvalue weighted by Crippen LogP contribution is 2.31. The van der Waals surface area contributed by atoms with Gasteiger partial charge in [0.2, 0.25) is 5.78 Å². The molecule has 0 aromatic carbocycles. The Balaban J connectivity index is 2.05. The number of nitrogens with zero attached hydrogens (tertiary/aromatic N) is 1. The van der Waals surface area contributed by atoms with E-state index in [0.717, 1.165) is 12.8 Å². The van der Waals surface area contributed by atoms with Crippen molar-refractivity contribution in [2.24, 2.45) is 5.92 Å². The van der Waals surface area contributed by atoms with E-state index in [-0.39, 0.29) is 19.2 Å². The third kappa shape index (κ3) is 1.73. The van der Waals surface area contributed by atoms with E-state index in [1.54, 1.807) is 6.92 Å². The zero-order chi connectivity index (χ0) is 11.0. The molecule has 1 saturated heterocycles. The molecule has 1 aliphatic carbocycles. The number of hydrogen-bond acceptors (Lipinski definition) is 4. The lowest BCUT2D eigenvalue weighted by atomic mass is 10.1. The largest absolute Gasteiger partial charge is 0.465 e. The van der Waals surface area contributed by atoms with E-state index in [0.29, 0.717) is 0 Å². The minimum atomic E-state index is -0.891. The van der Waals surface area contributed by atoms with Crippen LogP contribution in [0.4, 0.5) is 0 Å². The Morgan fingerprint density at radius 3 is 2.67 bits per heavy atom. The fourth-order valence-corrected chi connectivity index (χ4v) is 1.78. The maximum absolute atomic E-state index is 11.5. The van der Waals surface area contributed by atoms with Crippen LogP contribution in [0.3, 0.4) is 0 Å². The molecule has 0 spiro atoms. The van der Waals surface area contributed by atoms with Gasteiger partial charge < -0.3 is 9.64 Å². The van der Waals surface area contributed by atoms with Crippen molar-refractivity contribution in [1.82, 2.24) is 4.90 Å². The van der Waals surface area contributed by atoms with Gasteiger partial charge in [0.05, 0.1) is 6.61 Å². The van der Waals surface area contributed by atoms with Gasteiger partial charge in [-0.2, -0.15) is 0 Å². The summed E-state index contributed by atoms with van der Waals surface area (Å²) in [5, 5.41) is 0. The van der Waals surface area contributed by atoms with Gasteiger partial charge in [0.15, 0.2) is 0 Å². The van der Waals surface area contributed by atoms with E-state index < -0.39 is 23.6 Å². The SMILES string of the molecule is CCOC(=O)[C@@H]1CN(C2CC2)C(=O)C1=O. The summed E-state index contributed by atoms with van der Waals surface area (Å²) >= 11 is 0. The fraction of sp³-hybridized carbons (Fsp3) is 0.700. The number of amides is 1. The summed E-state index contributed by atoms with van der Waals surface area (Å²) < 4.78 is 4.75. The first-order valence-corrected chi connectivity index (χ1v) is 5.16.